The molecule has 0 atom stereocenters. The van der Waals surface area contributed by atoms with Gasteiger partial charge >= 0.3 is 59.1 Å². The van der Waals surface area contributed by atoms with Gasteiger partial charge in [-0.05, 0) is 17.7 Å². The van der Waals surface area contributed by atoms with Crippen LogP contribution in [0.1, 0.15) is 5.56 Å². The molecule has 0 aliphatic heterocycles. The summed E-state index contributed by atoms with van der Waals surface area (Å²) >= 11 is 0. The molecule has 14 heavy (non-hydrogen) atoms. The molecule has 0 unspecified atom stereocenters. The zero-order chi connectivity index (χ0) is 9.14. The zero-order valence-corrected chi connectivity index (χ0v) is 13.3. The molecule has 0 aromatic heterocycles. The SMILES string of the molecule is C=C(c1ccc(N)cc1)P([O-])[O-].[Na+].[Na+]. The zero-order valence-electron chi connectivity index (χ0n) is 8.36. The molecular formula is C8H8NNa2O2P. The van der Waals surface area contributed by atoms with Crippen LogP contribution in [0.3, 0.4) is 0 Å². The summed E-state index contributed by atoms with van der Waals surface area (Å²) in [5.74, 6) is 0. The number of benzene rings is 1. The fourth-order valence-electron chi connectivity index (χ4n) is 0.781. The van der Waals surface area contributed by atoms with Gasteiger partial charge < -0.3 is 15.5 Å². The fourth-order valence-corrected chi connectivity index (χ4v) is 1.14. The van der Waals surface area contributed by atoms with E-state index in [1.807, 2.05) is 0 Å². The summed E-state index contributed by atoms with van der Waals surface area (Å²) in [6, 6.07) is 6.53. The van der Waals surface area contributed by atoms with E-state index in [-0.39, 0.29) is 64.4 Å². The minimum Gasteiger partial charge on any atom is -0.838 e. The van der Waals surface area contributed by atoms with Crippen molar-refractivity contribution >= 4 is 19.4 Å². The van der Waals surface area contributed by atoms with Crippen molar-refractivity contribution in [2.45, 2.75) is 0 Å². The van der Waals surface area contributed by atoms with E-state index >= 15 is 0 Å². The summed E-state index contributed by atoms with van der Waals surface area (Å²) in [5.41, 5.74) is 6.61. The predicted octanol–water partition coefficient (Wildman–Crippen LogP) is -5.72. The molecule has 1 rings (SSSR count). The molecule has 6 heteroatoms. The van der Waals surface area contributed by atoms with Gasteiger partial charge in [-0.15, -0.1) is 0 Å². The molecule has 0 heterocycles. The summed E-state index contributed by atoms with van der Waals surface area (Å²) in [5, 5.41) is 0.116. The van der Waals surface area contributed by atoms with Crippen molar-refractivity contribution in [1.29, 1.82) is 0 Å². The van der Waals surface area contributed by atoms with Crippen LogP contribution in [0.25, 0.3) is 5.31 Å². The third-order valence-corrected chi connectivity index (χ3v) is 2.16. The Labute approximate surface area is 129 Å². The number of hydrogen-bond acceptors (Lipinski definition) is 3. The second-order valence-corrected chi connectivity index (χ2v) is 3.38. The molecule has 0 spiro atoms. The second-order valence-electron chi connectivity index (χ2n) is 2.33. The molecular weight excluding hydrogens is 219 g/mol. The van der Waals surface area contributed by atoms with Crippen LogP contribution < -0.4 is 74.6 Å². The van der Waals surface area contributed by atoms with Gasteiger partial charge in [-0.25, -0.2) is 0 Å². The number of nitrogen functional groups attached to an aromatic ring is 1. The number of nitrogens with two attached hydrogens (primary N) is 1. The molecule has 0 amide bonds. The van der Waals surface area contributed by atoms with Gasteiger partial charge in [-0.1, -0.05) is 24.0 Å². The molecule has 2 N–H and O–H groups in total. The minimum atomic E-state index is -2.58. The number of rotatable bonds is 2. The van der Waals surface area contributed by atoms with Crippen molar-refractivity contribution < 1.29 is 68.9 Å². The predicted molar refractivity (Wildman–Crippen MR) is 46.8 cm³/mol. The van der Waals surface area contributed by atoms with Crippen molar-refractivity contribution in [2.24, 2.45) is 0 Å². The van der Waals surface area contributed by atoms with Crippen LogP contribution in [0.4, 0.5) is 5.69 Å². The first-order valence-electron chi connectivity index (χ1n) is 3.30. The van der Waals surface area contributed by atoms with Crippen molar-refractivity contribution in [3.05, 3.63) is 36.4 Å². The van der Waals surface area contributed by atoms with Crippen LogP contribution in [0.15, 0.2) is 30.8 Å². The Hall–Kier alpha value is 1.11. The van der Waals surface area contributed by atoms with E-state index in [4.69, 9.17) is 5.73 Å². The average Bonchev–Trinajstić information content (AvgIpc) is 2.04. The van der Waals surface area contributed by atoms with E-state index in [9.17, 15) is 9.79 Å². The Morgan fingerprint density at radius 1 is 1.14 bits per heavy atom. The third-order valence-electron chi connectivity index (χ3n) is 1.46. The molecule has 3 nitrogen and oxygen atoms in total. The van der Waals surface area contributed by atoms with Gasteiger partial charge in [0, 0.05) is 5.69 Å². The Balaban J connectivity index is 0. The van der Waals surface area contributed by atoms with Gasteiger partial charge in [0.05, 0.1) is 0 Å². The van der Waals surface area contributed by atoms with Crippen molar-refractivity contribution in [3.8, 4) is 0 Å². The fraction of sp³-hybridized carbons (Fsp3) is 0. The van der Waals surface area contributed by atoms with Gasteiger partial charge in [0.15, 0.2) is 0 Å². The van der Waals surface area contributed by atoms with Crippen molar-refractivity contribution in [3.63, 3.8) is 0 Å². The first-order valence-corrected chi connectivity index (χ1v) is 4.48. The Bertz CT molecular complexity index is 290. The van der Waals surface area contributed by atoms with Gasteiger partial charge in [0.2, 0.25) is 0 Å². The average molecular weight is 227 g/mol. The molecule has 0 fully saturated rings. The largest absolute Gasteiger partial charge is 1.00 e. The molecule has 0 saturated heterocycles. The van der Waals surface area contributed by atoms with Crippen molar-refractivity contribution in [2.75, 3.05) is 5.73 Å². The smallest absolute Gasteiger partial charge is 0.838 e. The van der Waals surface area contributed by atoms with E-state index in [2.05, 4.69) is 6.58 Å². The molecule has 1 aromatic rings. The number of anilines is 1. The normalized spacial score (nSPS) is 8.79. The monoisotopic (exact) mass is 227 g/mol. The maximum absolute atomic E-state index is 10.5. The molecule has 0 radical (unpaired) electrons. The first kappa shape index (κ1) is 17.5. The van der Waals surface area contributed by atoms with Crippen LogP contribution in [0.2, 0.25) is 0 Å². The second kappa shape index (κ2) is 8.28. The Kier molecular flexibility index (Phi) is 10.4. The van der Waals surface area contributed by atoms with E-state index in [1.54, 1.807) is 24.3 Å². The quantitative estimate of drug-likeness (QED) is 0.311. The van der Waals surface area contributed by atoms with Gasteiger partial charge in [0.25, 0.3) is 0 Å². The van der Waals surface area contributed by atoms with Crippen LogP contribution in [-0.2, 0) is 0 Å². The summed E-state index contributed by atoms with van der Waals surface area (Å²) < 4.78 is 0. The van der Waals surface area contributed by atoms with E-state index in [0.717, 1.165) is 0 Å². The molecule has 1 aromatic carbocycles. The summed E-state index contributed by atoms with van der Waals surface area (Å²) in [6.45, 7) is 3.42. The Morgan fingerprint density at radius 2 is 1.57 bits per heavy atom. The van der Waals surface area contributed by atoms with Crippen molar-refractivity contribution in [1.82, 2.24) is 0 Å². The maximum Gasteiger partial charge on any atom is 1.00 e. The molecule has 0 aliphatic rings. The van der Waals surface area contributed by atoms with E-state index < -0.39 is 8.38 Å². The van der Waals surface area contributed by atoms with Crippen LogP contribution in [0.5, 0.6) is 0 Å². The van der Waals surface area contributed by atoms with Crippen LogP contribution in [-0.4, -0.2) is 0 Å². The number of hydrogen-bond donors (Lipinski definition) is 1. The molecule has 0 bridgehead atoms. The Morgan fingerprint density at radius 3 is 1.93 bits per heavy atom. The van der Waals surface area contributed by atoms with Crippen LogP contribution in [0, 0.1) is 0 Å². The standard InChI is InChI=1S/C8H8NO2P.2Na/c1-6(12(10)11)7-2-4-8(9)5-3-7;;/h2-5H,1,9H2;;/q-2;2*+1. The molecule has 64 valence electrons. The summed E-state index contributed by atoms with van der Waals surface area (Å²) in [7, 11) is -2.58. The molecule has 0 aliphatic carbocycles. The van der Waals surface area contributed by atoms with Gasteiger partial charge in [-0.3, -0.25) is 8.38 Å². The summed E-state index contributed by atoms with van der Waals surface area (Å²) in [6.07, 6.45) is 0. The van der Waals surface area contributed by atoms with E-state index in [0.29, 0.717) is 11.3 Å². The summed E-state index contributed by atoms with van der Waals surface area (Å²) in [4.78, 5) is 21.0. The third kappa shape index (κ3) is 5.26. The minimum absolute atomic E-state index is 0. The van der Waals surface area contributed by atoms with Crippen LogP contribution >= 0.6 is 8.38 Å². The topological polar surface area (TPSA) is 72.1 Å². The van der Waals surface area contributed by atoms with Gasteiger partial charge in [-0.2, -0.15) is 0 Å². The molecule has 0 saturated carbocycles. The maximum atomic E-state index is 10.5. The first-order chi connectivity index (χ1) is 5.61. The van der Waals surface area contributed by atoms with Gasteiger partial charge in [0.1, 0.15) is 0 Å². The van der Waals surface area contributed by atoms with E-state index in [1.165, 1.54) is 0 Å².